The molecule has 19 heavy (non-hydrogen) atoms. The average Bonchev–Trinajstić information content (AvgIpc) is 2.67. The van der Waals surface area contributed by atoms with Gasteiger partial charge in [0.25, 0.3) is 0 Å². The molecule has 1 aromatic rings. The summed E-state index contributed by atoms with van der Waals surface area (Å²) < 4.78 is 5.49. The molecule has 1 atom stereocenters. The molecule has 0 N–H and O–H groups in total. The van der Waals surface area contributed by atoms with Gasteiger partial charge in [0, 0.05) is 22.2 Å². The van der Waals surface area contributed by atoms with Gasteiger partial charge in [-0.2, -0.15) is 0 Å². The van der Waals surface area contributed by atoms with Gasteiger partial charge in [-0.3, -0.25) is 0 Å². The van der Waals surface area contributed by atoms with Crippen molar-refractivity contribution in [3.8, 4) is 0 Å². The van der Waals surface area contributed by atoms with Crippen molar-refractivity contribution in [2.75, 3.05) is 0 Å². The van der Waals surface area contributed by atoms with Crippen LogP contribution in [0.15, 0.2) is 6.07 Å². The highest BCUT2D eigenvalue weighted by Gasteiger charge is 2.31. The van der Waals surface area contributed by atoms with Crippen molar-refractivity contribution in [1.29, 1.82) is 0 Å². The normalized spacial score (nSPS) is 19.2. The van der Waals surface area contributed by atoms with Crippen LogP contribution in [-0.4, -0.2) is 22.6 Å². The number of rotatable bonds is 1. The molecule has 1 unspecified atom stereocenters. The monoisotopic (exact) mass is 281 g/mol. The Balaban J connectivity index is 2.14. The molecule has 3 nitrogen and oxygen atoms in total. The number of amides is 1. The molecule has 106 valence electrons. The summed E-state index contributed by atoms with van der Waals surface area (Å²) in [5, 5.41) is 0. The lowest BCUT2D eigenvalue weighted by molar-refractivity contribution is 0.0140. The molecule has 0 fully saturated rings. The standard InChI is InChI=1S/C15H23NO2S/c1-6-12-8-11-9-16(10(2)7-13(11)19-12)14(17)18-15(3,4)5/h8,10H,6-7,9H2,1-5H3. The minimum atomic E-state index is -0.430. The molecule has 0 aliphatic carbocycles. The largest absolute Gasteiger partial charge is 0.444 e. The summed E-state index contributed by atoms with van der Waals surface area (Å²) in [5.74, 6) is 0. The summed E-state index contributed by atoms with van der Waals surface area (Å²) in [6, 6.07) is 2.45. The molecule has 1 aliphatic heterocycles. The zero-order chi connectivity index (χ0) is 14.2. The van der Waals surface area contributed by atoms with E-state index in [0.717, 1.165) is 12.8 Å². The Morgan fingerprint density at radius 2 is 2.21 bits per heavy atom. The van der Waals surface area contributed by atoms with E-state index in [4.69, 9.17) is 4.74 Å². The van der Waals surface area contributed by atoms with E-state index < -0.39 is 5.60 Å². The third-order valence-electron chi connectivity index (χ3n) is 3.28. The summed E-state index contributed by atoms with van der Waals surface area (Å²) in [5.41, 5.74) is 0.867. The molecule has 0 bridgehead atoms. The second-order valence-electron chi connectivity index (χ2n) is 6.18. The number of carbonyl (C=O) groups excluding carboxylic acids is 1. The van der Waals surface area contributed by atoms with Crippen LogP contribution in [0.3, 0.4) is 0 Å². The minimum absolute atomic E-state index is 0.199. The number of nitrogens with zero attached hydrogens (tertiary/aromatic N) is 1. The summed E-state index contributed by atoms with van der Waals surface area (Å²) in [6.07, 6.45) is 1.81. The van der Waals surface area contributed by atoms with Crippen molar-refractivity contribution >= 4 is 17.4 Å². The maximum atomic E-state index is 12.2. The van der Waals surface area contributed by atoms with Gasteiger partial charge < -0.3 is 9.64 Å². The van der Waals surface area contributed by atoms with E-state index in [-0.39, 0.29) is 12.1 Å². The molecule has 2 rings (SSSR count). The molecular formula is C15H23NO2S. The Hall–Kier alpha value is -1.03. The van der Waals surface area contributed by atoms with Gasteiger partial charge in [0.2, 0.25) is 0 Å². The van der Waals surface area contributed by atoms with E-state index in [1.54, 1.807) is 0 Å². The van der Waals surface area contributed by atoms with E-state index in [1.807, 2.05) is 37.0 Å². The number of aryl methyl sites for hydroxylation is 1. The minimum Gasteiger partial charge on any atom is -0.444 e. The van der Waals surface area contributed by atoms with Crippen LogP contribution in [0.4, 0.5) is 4.79 Å². The topological polar surface area (TPSA) is 29.5 Å². The number of ether oxygens (including phenoxy) is 1. The maximum Gasteiger partial charge on any atom is 0.410 e. The fourth-order valence-electron chi connectivity index (χ4n) is 2.29. The lowest BCUT2D eigenvalue weighted by atomic mass is 10.0. The average molecular weight is 281 g/mol. The number of hydrogen-bond acceptors (Lipinski definition) is 3. The molecule has 2 heterocycles. The lowest BCUT2D eigenvalue weighted by Crippen LogP contribution is -2.44. The molecular weight excluding hydrogens is 258 g/mol. The van der Waals surface area contributed by atoms with Crippen LogP contribution in [0.5, 0.6) is 0 Å². The van der Waals surface area contributed by atoms with Crippen molar-refractivity contribution in [2.45, 2.75) is 65.6 Å². The van der Waals surface area contributed by atoms with Crippen LogP contribution in [-0.2, 0) is 24.1 Å². The lowest BCUT2D eigenvalue weighted by Gasteiger charge is -2.34. The summed E-state index contributed by atoms with van der Waals surface area (Å²) in [6.45, 7) is 10.7. The summed E-state index contributed by atoms with van der Waals surface area (Å²) in [4.78, 5) is 16.9. The zero-order valence-corrected chi connectivity index (χ0v) is 13.3. The van der Waals surface area contributed by atoms with E-state index >= 15 is 0 Å². The van der Waals surface area contributed by atoms with Gasteiger partial charge in [0.05, 0.1) is 6.54 Å². The third-order valence-corrected chi connectivity index (χ3v) is 4.62. The first-order valence-corrected chi connectivity index (χ1v) is 7.72. The highest BCUT2D eigenvalue weighted by Crippen LogP contribution is 2.31. The Labute approximate surface area is 119 Å². The maximum absolute atomic E-state index is 12.2. The summed E-state index contributed by atoms with van der Waals surface area (Å²) >= 11 is 1.89. The van der Waals surface area contributed by atoms with Gasteiger partial charge in [-0.1, -0.05) is 6.92 Å². The highest BCUT2D eigenvalue weighted by atomic mass is 32.1. The van der Waals surface area contributed by atoms with Gasteiger partial charge in [-0.15, -0.1) is 11.3 Å². The Morgan fingerprint density at radius 1 is 1.53 bits per heavy atom. The van der Waals surface area contributed by atoms with E-state index in [0.29, 0.717) is 6.54 Å². The molecule has 0 radical (unpaired) electrons. The first-order chi connectivity index (χ1) is 8.80. The molecule has 0 spiro atoms. The number of hydrogen-bond donors (Lipinski definition) is 0. The Morgan fingerprint density at radius 3 is 2.79 bits per heavy atom. The highest BCUT2D eigenvalue weighted by molar-refractivity contribution is 7.12. The van der Waals surface area contributed by atoms with Crippen LogP contribution in [0.25, 0.3) is 0 Å². The number of carbonyl (C=O) groups is 1. The van der Waals surface area contributed by atoms with Crippen LogP contribution >= 0.6 is 11.3 Å². The van der Waals surface area contributed by atoms with E-state index in [1.165, 1.54) is 15.3 Å². The van der Waals surface area contributed by atoms with E-state index in [2.05, 4.69) is 19.9 Å². The van der Waals surface area contributed by atoms with Gasteiger partial charge in [-0.25, -0.2) is 4.79 Å². The van der Waals surface area contributed by atoms with Gasteiger partial charge in [0.15, 0.2) is 0 Å². The van der Waals surface area contributed by atoms with Crippen LogP contribution in [0.1, 0.15) is 49.9 Å². The second kappa shape index (κ2) is 5.16. The molecule has 4 heteroatoms. The number of thiophene rings is 1. The van der Waals surface area contributed by atoms with Gasteiger partial charge in [-0.05, 0) is 45.7 Å². The van der Waals surface area contributed by atoms with Crippen molar-refractivity contribution in [1.82, 2.24) is 4.90 Å². The molecule has 1 aromatic heterocycles. The SMILES string of the molecule is CCc1cc2c(s1)CC(C)N(C(=O)OC(C)(C)C)C2. The Kier molecular flexibility index (Phi) is 3.90. The van der Waals surface area contributed by atoms with Crippen molar-refractivity contribution in [3.05, 3.63) is 21.4 Å². The fraction of sp³-hybridized carbons (Fsp3) is 0.667. The predicted molar refractivity (Wildman–Crippen MR) is 78.6 cm³/mol. The molecule has 1 amide bonds. The van der Waals surface area contributed by atoms with E-state index in [9.17, 15) is 4.79 Å². The smallest absolute Gasteiger partial charge is 0.410 e. The van der Waals surface area contributed by atoms with Crippen LogP contribution in [0, 0.1) is 0 Å². The quantitative estimate of drug-likeness (QED) is 0.779. The molecule has 0 saturated heterocycles. The van der Waals surface area contributed by atoms with Crippen molar-refractivity contribution in [3.63, 3.8) is 0 Å². The first kappa shape index (κ1) is 14.4. The Bertz CT molecular complexity index is 473. The third kappa shape index (κ3) is 3.30. The molecule has 0 saturated carbocycles. The fourth-order valence-corrected chi connectivity index (χ4v) is 3.53. The zero-order valence-electron chi connectivity index (χ0n) is 12.4. The first-order valence-electron chi connectivity index (χ1n) is 6.90. The van der Waals surface area contributed by atoms with Crippen LogP contribution < -0.4 is 0 Å². The van der Waals surface area contributed by atoms with Crippen LogP contribution in [0.2, 0.25) is 0 Å². The molecule has 1 aliphatic rings. The predicted octanol–water partition coefficient (Wildman–Crippen LogP) is 3.99. The van der Waals surface area contributed by atoms with Gasteiger partial charge in [0.1, 0.15) is 5.60 Å². The van der Waals surface area contributed by atoms with Crippen molar-refractivity contribution in [2.24, 2.45) is 0 Å². The molecule has 0 aromatic carbocycles. The van der Waals surface area contributed by atoms with Gasteiger partial charge >= 0.3 is 6.09 Å². The second-order valence-corrected chi connectivity index (χ2v) is 7.40. The number of fused-ring (bicyclic) bond motifs is 1. The summed E-state index contributed by atoms with van der Waals surface area (Å²) in [7, 11) is 0. The van der Waals surface area contributed by atoms with Crippen molar-refractivity contribution < 1.29 is 9.53 Å².